The van der Waals surface area contributed by atoms with Crippen molar-refractivity contribution in [3.63, 3.8) is 0 Å². The van der Waals surface area contributed by atoms with Gasteiger partial charge in [0.05, 0.1) is 12.6 Å². The number of thiazole rings is 1. The smallest absolute Gasteiger partial charge is 0.231 e. The first-order valence-electron chi connectivity index (χ1n) is 9.45. The van der Waals surface area contributed by atoms with Crippen LogP contribution in [0.4, 0.5) is 10.9 Å². The third-order valence-corrected chi connectivity index (χ3v) is 6.59. The molecule has 11 heteroatoms. The number of thioether (sulfide) groups is 1. The number of halogens is 1. The van der Waals surface area contributed by atoms with E-state index in [4.69, 9.17) is 26.8 Å². The Morgan fingerprint density at radius 2 is 2.03 bits per heavy atom. The fourth-order valence-electron chi connectivity index (χ4n) is 3.14. The summed E-state index contributed by atoms with van der Waals surface area (Å²) >= 11 is 9.15. The SMILES string of the molecule is CC(C)CC(CO)Nc1nc(SCc2cc3c(cc2Cl)OCO3)nc2nc(N)sc12. The van der Waals surface area contributed by atoms with Crippen molar-refractivity contribution in [3.05, 3.63) is 22.7 Å². The van der Waals surface area contributed by atoms with Gasteiger partial charge in [0.15, 0.2) is 33.3 Å². The number of anilines is 2. The van der Waals surface area contributed by atoms with Crippen molar-refractivity contribution in [2.24, 2.45) is 5.92 Å². The Balaban J connectivity index is 1.58. The number of fused-ring (bicyclic) bond motifs is 2. The van der Waals surface area contributed by atoms with Gasteiger partial charge in [-0.2, -0.15) is 0 Å². The lowest BCUT2D eigenvalue weighted by molar-refractivity contribution is 0.174. The Hall–Kier alpha value is -2.01. The second kappa shape index (κ2) is 9.01. The number of aliphatic hydroxyl groups is 1. The number of benzene rings is 1. The minimum atomic E-state index is -0.118. The van der Waals surface area contributed by atoms with Crippen LogP contribution in [0.1, 0.15) is 25.8 Å². The van der Waals surface area contributed by atoms with Gasteiger partial charge in [-0.05, 0) is 24.0 Å². The minimum absolute atomic E-state index is 0.00719. The van der Waals surface area contributed by atoms with E-state index in [1.165, 1.54) is 23.1 Å². The van der Waals surface area contributed by atoms with E-state index in [2.05, 4.69) is 34.1 Å². The van der Waals surface area contributed by atoms with Crippen molar-refractivity contribution in [2.45, 2.75) is 37.2 Å². The number of nitrogens with one attached hydrogen (secondary N) is 1. The normalized spacial score (nSPS) is 13.9. The molecule has 0 bridgehead atoms. The van der Waals surface area contributed by atoms with Crippen molar-refractivity contribution >= 4 is 56.0 Å². The van der Waals surface area contributed by atoms with Gasteiger partial charge in [-0.15, -0.1) is 0 Å². The third kappa shape index (κ3) is 4.66. The number of nitrogen functional groups attached to an aromatic ring is 1. The van der Waals surface area contributed by atoms with Gasteiger partial charge in [-0.1, -0.05) is 48.5 Å². The molecule has 8 nitrogen and oxygen atoms in total. The standard InChI is InChI=1S/C19H22ClN5O3S2/c1-9(2)3-11(6-26)22-16-15-17(23-18(21)30-15)25-19(24-16)29-7-10-4-13-14(5-12(10)20)28-8-27-13/h4-5,9,11,26H,3,6-8H2,1-2H3,(H3,21,22,23,24,25). The highest BCUT2D eigenvalue weighted by Gasteiger charge is 2.19. The molecule has 4 rings (SSSR count). The summed E-state index contributed by atoms with van der Waals surface area (Å²) < 4.78 is 11.6. The first-order valence-corrected chi connectivity index (χ1v) is 11.6. The molecule has 0 saturated carbocycles. The first-order chi connectivity index (χ1) is 14.4. The van der Waals surface area contributed by atoms with E-state index in [1.54, 1.807) is 6.07 Å². The molecule has 0 saturated heterocycles. The van der Waals surface area contributed by atoms with E-state index in [0.29, 0.717) is 49.9 Å². The molecule has 1 unspecified atom stereocenters. The van der Waals surface area contributed by atoms with Crippen molar-refractivity contribution in [1.82, 2.24) is 15.0 Å². The average Bonchev–Trinajstić information content (AvgIpc) is 3.30. The first kappa shape index (κ1) is 21.2. The van der Waals surface area contributed by atoms with E-state index >= 15 is 0 Å². The summed E-state index contributed by atoms with van der Waals surface area (Å²) in [5, 5.41) is 14.7. The molecule has 0 spiro atoms. The van der Waals surface area contributed by atoms with Gasteiger partial charge in [0, 0.05) is 16.8 Å². The van der Waals surface area contributed by atoms with Crippen LogP contribution in [-0.2, 0) is 5.75 Å². The zero-order valence-electron chi connectivity index (χ0n) is 16.5. The lowest BCUT2D eigenvalue weighted by Crippen LogP contribution is -2.26. The molecule has 0 aliphatic carbocycles. The van der Waals surface area contributed by atoms with E-state index in [9.17, 15) is 5.11 Å². The maximum Gasteiger partial charge on any atom is 0.231 e. The van der Waals surface area contributed by atoms with Gasteiger partial charge >= 0.3 is 0 Å². The minimum Gasteiger partial charge on any atom is -0.454 e. The van der Waals surface area contributed by atoms with Crippen LogP contribution in [-0.4, -0.2) is 39.5 Å². The number of aromatic nitrogens is 3. The summed E-state index contributed by atoms with van der Waals surface area (Å²) in [5.74, 6) is 2.94. The van der Waals surface area contributed by atoms with Crippen LogP contribution in [0.5, 0.6) is 11.5 Å². The number of hydrogen-bond acceptors (Lipinski definition) is 10. The second-order valence-corrected chi connectivity index (χ2v) is 9.68. The summed E-state index contributed by atoms with van der Waals surface area (Å²) in [6.07, 6.45) is 0.811. The average molecular weight is 468 g/mol. The molecule has 1 atom stereocenters. The fourth-order valence-corrected chi connectivity index (χ4v) is 4.99. The predicted octanol–water partition coefficient (Wildman–Crippen LogP) is 4.16. The summed E-state index contributed by atoms with van der Waals surface area (Å²) in [7, 11) is 0. The van der Waals surface area contributed by atoms with E-state index < -0.39 is 0 Å². The summed E-state index contributed by atoms with van der Waals surface area (Å²) in [5.41, 5.74) is 7.34. The molecule has 1 aliphatic heterocycles. The quantitative estimate of drug-likeness (QED) is 0.331. The van der Waals surface area contributed by atoms with Crippen LogP contribution in [0.15, 0.2) is 17.3 Å². The molecule has 30 heavy (non-hydrogen) atoms. The van der Waals surface area contributed by atoms with Gasteiger partial charge in [0.2, 0.25) is 6.79 Å². The van der Waals surface area contributed by atoms with E-state index in [0.717, 1.165) is 16.7 Å². The molecule has 3 heterocycles. The van der Waals surface area contributed by atoms with Crippen LogP contribution in [0, 0.1) is 5.92 Å². The molecular weight excluding hydrogens is 446 g/mol. The molecule has 1 aromatic carbocycles. The molecule has 0 amide bonds. The summed E-state index contributed by atoms with van der Waals surface area (Å²) in [6.45, 7) is 4.43. The van der Waals surface area contributed by atoms with E-state index in [-0.39, 0.29) is 19.4 Å². The Labute approximate surface area is 187 Å². The fraction of sp³-hybridized carbons (Fsp3) is 0.421. The van der Waals surface area contributed by atoms with Crippen molar-refractivity contribution in [2.75, 3.05) is 24.5 Å². The lowest BCUT2D eigenvalue weighted by Gasteiger charge is -2.19. The summed E-state index contributed by atoms with van der Waals surface area (Å²) in [6, 6.07) is 3.52. The van der Waals surface area contributed by atoms with Gasteiger partial charge in [-0.25, -0.2) is 15.0 Å². The van der Waals surface area contributed by atoms with E-state index in [1.807, 2.05) is 6.07 Å². The molecule has 1 aliphatic rings. The maximum atomic E-state index is 9.76. The van der Waals surface area contributed by atoms with Crippen LogP contribution >= 0.6 is 34.7 Å². The Bertz CT molecular complexity index is 1060. The van der Waals surface area contributed by atoms with Gasteiger partial charge < -0.3 is 25.6 Å². The molecule has 0 fully saturated rings. The van der Waals surface area contributed by atoms with Gasteiger partial charge in [0.25, 0.3) is 0 Å². The van der Waals surface area contributed by atoms with Crippen LogP contribution in [0.3, 0.4) is 0 Å². The third-order valence-electron chi connectivity index (χ3n) is 4.47. The number of hydrogen-bond donors (Lipinski definition) is 3. The molecule has 160 valence electrons. The van der Waals surface area contributed by atoms with Crippen molar-refractivity contribution < 1.29 is 14.6 Å². The van der Waals surface area contributed by atoms with Gasteiger partial charge in [0.1, 0.15) is 4.70 Å². The van der Waals surface area contributed by atoms with Crippen LogP contribution in [0.25, 0.3) is 10.3 Å². The highest BCUT2D eigenvalue weighted by Crippen LogP contribution is 2.39. The molecule has 0 radical (unpaired) electrons. The maximum absolute atomic E-state index is 9.76. The number of aliphatic hydroxyl groups excluding tert-OH is 1. The Morgan fingerprint density at radius 3 is 2.77 bits per heavy atom. The Kier molecular flexibility index (Phi) is 6.37. The summed E-state index contributed by atoms with van der Waals surface area (Å²) in [4.78, 5) is 13.5. The van der Waals surface area contributed by atoms with Crippen molar-refractivity contribution in [1.29, 1.82) is 0 Å². The van der Waals surface area contributed by atoms with Crippen molar-refractivity contribution in [3.8, 4) is 11.5 Å². The number of nitrogens with two attached hydrogens (primary N) is 1. The Morgan fingerprint density at radius 1 is 1.27 bits per heavy atom. The van der Waals surface area contributed by atoms with Crippen LogP contribution in [0.2, 0.25) is 5.02 Å². The zero-order valence-corrected chi connectivity index (χ0v) is 18.9. The molecule has 2 aromatic heterocycles. The molecule has 3 aromatic rings. The topological polar surface area (TPSA) is 115 Å². The number of nitrogens with zero attached hydrogens (tertiary/aromatic N) is 3. The van der Waals surface area contributed by atoms with Crippen LogP contribution < -0.4 is 20.5 Å². The predicted molar refractivity (Wildman–Crippen MR) is 121 cm³/mol. The lowest BCUT2D eigenvalue weighted by atomic mass is 10.0. The molecule has 4 N–H and O–H groups in total. The number of ether oxygens (including phenoxy) is 2. The molecular formula is C19H22ClN5O3S2. The highest BCUT2D eigenvalue weighted by atomic mass is 35.5. The second-order valence-electron chi connectivity index (χ2n) is 7.30. The monoisotopic (exact) mass is 467 g/mol. The van der Waals surface area contributed by atoms with Gasteiger partial charge in [-0.3, -0.25) is 0 Å². The largest absolute Gasteiger partial charge is 0.454 e. The zero-order chi connectivity index (χ0) is 21.3. The highest BCUT2D eigenvalue weighted by molar-refractivity contribution is 7.98. The number of rotatable bonds is 8.